The normalized spacial score (nSPS) is 16.1. The molecular weight excluding hydrogens is 482 g/mol. The molecule has 0 bridgehead atoms. The third-order valence-electron chi connectivity index (χ3n) is 7.41. The van der Waals surface area contributed by atoms with E-state index in [-0.39, 0.29) is 5.91 Å². The van der Waals surface area contributed by atoms with Gasteiger partial charge in [-0.15, -0.1) is 0 Å². The standard InChI is InChI=1S/C31H37N5O.C2H6/c1-5-9-30(25(4)22-32)35-14-12-26(13-15-35)33-29-21-28(23(2)20-24(29)3)31(37)36-18-16-34(17-19-36)27-10-7-6-8-11-27;1-2/h5-11,20-21,26,33H,1,4,12-19H2,2-3H3;1-2H3/b30-9+;. The highest BCUT2D eigenvalue weighted by Gasteiger charge is 2.26. The summed E-state index contributed by atoms with van der Waals surface area (Å²) >= 11 is 0. The van der Waals surface area contributed by atoms with Crippen LogP contribution < -0.4 is 10.2 Å². The van der Waals surface area contributed by atoms with Crippen LogP contribution in [0.2, 0.25) is 0 Å². The largest absolute Gasteiger partial charge is 0.382 e. The molecule has 0 aliphatic carbocycles. The van der Waals surface area contributed by atoms with Gasteiger partial charge in [0.05, 0.1) is 11.3 Å². The number of aryl methyl sites for hydroxylation is 2. The Kier molecular flexibility index (Phi) is 10.8. The second-order valence-electron chi connectivity index (χ2n) is 9.88. The fourth-order valence-corrected chi connectivity index (χ4v) is 5.27. The summed E-state index contributed by atoms with van der Waals surface area (Å²) in [7, 11) is 0. The predicted octanol–water partition coefficient (Wildman–Crippen LogP) is 6.32. The van der Waals surface area contributed by atoms with Crippen LogP contribution >= 0.6 is 0 Å². The number of piperidine rings is 1. The van der Waals surface area contributed by atoms with E-state index in [1.807, 2.05) is 43.9 Å². The second kappa shape index (κ2) is 14.2. The summed E-state index contributed by atoms with van der Waals surface area (Å²) in [6, 6.07) is 17.0. The van der Waals surface area contributed by atoms with Crippen LogP contribution in [0, 0.1) is 25.2 Å². The Bertz CT molecular complexity index is 1210. The van der Waals surface area contributed by atoms with Crippen LogP contribution in [0.15, 0.2) is 79.0 Å². The molecule has 1 N–H and O–H groups in total. The number of anilines is 2. The van der Waals surface area contributed by atoms with Crippen molar-refractivity contribution in [2.45, 2.75) is 46.6 Å². The first-order chi connectivity index (χ1) is 18.9. The minimum absolute atomic E-state index is 0.109. The van der Waals surface area contributed by atoms with Gasteiger partial charge in [0.2, 0.25) is 0 Å². The Labute approximate surface area is 234 Å². The topological polar surface area (TPSA) is 62.6 Å². The molecule has 0 unspecified atom stereocenters. The zero-order valence-electron chi connectivity index (χ0n) is 24.0. The molecule has 2 aliphatic heterocycles. The number of carbonyl (C=O) groups is 1. The van der Waals surface area contributed by atoms with Gasteiger partial charge in [-0.3, -0.25) is 4.79 Å². The van der Waals surface area contributed by atoms with Crippen molar-refractivity contribution in [3.63, 3.8) is 0 Å². The summed E-state index contributed by atoms with van der Waals surface area (Å²) in [6.07, 6.45) is 5.44. The van der Waals surface area contributed by atoms with E-state index in [0.717, 1.165) is 80.2 Å². The van der Waals surface area contributed by atoms with Crippen molar-refractivity contribution >= 4 is 17.3 Å². The van der Waals surface area contributed by atoms with E-state index in [4.69, 9.17) is 0 Å². The predicted molar refractivity (Wildman–Crippen MR) is 163 cm³/mol. The first kappa shape index (κ1) is 29.6. The molecule has 0 saturated carbocycles. The number of nitriles is 1. The van der Waals surface area contributed by atoms with Gasteiger partial charge >= 0.3 is 0 Å². The summed E-state index contributed by atoms with van der Waals surface area (Å²) < 4.78 is 0. The summed E-state index contributed by atoms with van der Waals surface area (Å²) in [5.74, 6) is 0.109. The molecule has 6 heteroatoms. The lowest BCUT2D eigenvalue weighted by atomic mass is 9.99. The first-order valence-corrected chi connectivity index (χ1v) is 14.1. The van der Waals surface area contributed by atoms with E-state index in [1.165, 1.54) is 5.69 Å². The fourth-order valence-electron chi connectivity index (χ4n) is 5.27. The summed E-state index contributed by atoms with van der Waals surface area (Å²) in [5, 5.41) is 13.0. The Hall–Kier alpha value is -3.98. The van der Waals surface area contributed by atoms with Crippen molar-refractivity contribution < 1.29 is 4.79 Å². The molecule has 1 amide bonds. The Morgan fingerprint density at radius 3 is 2.21 bits per heavy atom. The zero-order valence-corrected chi connectivity index (χ0v) is 24.0. The zero-order chi connectivity index (χ0) is 28.4. The van der Waals surface area contributed by atoms with Gasteiger partial charge in [0, 0.05) is 62.2 Å². The monoisotopic (exact) mass is 525 g/mol. The Balaban J connectivity index is 0.00000205. The summed E-state index contributed by atoms with van der Waals surface area (Å²) in [6.45, 7) is 20.6. The molecule has 2 saturated heterocycles. The third-order valence-corrected chi connectivity index (χ3v) is 7.41. The van der Waals surface area contributed by atoms with Gasteiger partial charge < -0.3 is 20.0 Å². The molecule has 2 heterocycles. The molecular formula is C33H43N5O. The second-order valence-corrected chi connectivity index (χ2v) is 9.88. The Morgan fingerprint density at radius 2 is 1.62 bits per heavy atom. The highest BCUT2D eigenvalue weighted by Crippen LogP contribution is 2.27. The highest BCUT2D eigenvalue weighted by atomic mass is 16.2. The van der Waals surface area contributed by atoms with Crippen LogP contribution in [0.1, 0.15) is 48.2 Å². The van der Waals surface area contributed by atoms with Crippen LogP contribution in [-0.4, -0.2) is 61.0 Å². The molecule has 2 aromatic carbocycles. The van der Waals surface area contributed by atoms with Crippen molar-refractivity contribution in [1.29, 1.82) is 5.26 Å². The quantitative estimate of drug-likeness (QED) is 0.339. The van der Waals surface area contributed by atoms with E-state index in [0.29, 0.717) is 11.6 Å². The molecule has 2 aliphatic rings. The number of hydrogen-bond acceptors (Lipinski definition) is 5. The average molecular weight is 526 g/mol. The van der Waals surface area contributed by atoms with Gasteiger partial charge in [0.1, 0.15) is 6.07 Å². The number of nitrogens with one attached hydrogen (secondary N) is 1. The molecule has 2 aromatic rings. The van der Waals surface area contributed by atoms with Crippen molar-refractivity contribution in [2.75, 3.05) is 49.5 Å². The van der Waals surface area contributed by atoms with Crippen LogP contribution in [0.4, 0.5) is 11.4 Å². The van der Waals surface area contributed by atoms with E-state index in [1.54, 1.807) is 6.08 Å². The molecule has 6 nitrogen and oxygen atoms in total. The maximum atomic E-state index is 13.5. The summed E-state index contributed by atoms with van der Waals surface area (Å²) in [5.41, 5.74) is 6.50. The fraction of sp³-hybridized carbons (Fsp3) is 0.394. The van der Waals surface area contributed by atoms with Crippen LogP contribution in [0.3, 0.4) is 0 Å². The van der Waals surface area contributed by atoms with Gasteiger partial charge in [-0.05, 0) is 62.1 Å². The number of amides is 1. The van der Waals surface area contributed by atoms with Crippen molar-refractivity contribution in [3.05, 3.63) is 95.7 Å². The molecule has 0 radical (unpaired) electrons. The van der Waals surface area contributed by atoms with Crippen LogP contribution in [-0.2, 0) is 0 Å². The Morgan fingerprint density at radius 1 is 0.974 bits per heavy atom. The number of allylic oxidation sites excluding steroid dienone is 3. The first-order valence-electron chi connectivity index (χ1n) is 14.1. The van der Waals surface area contributed by atoms with E-state index in [2.05, 4.69) is 71.6 Å². The van der Waals surface area contributed by atoms with Gasteiger partial charge in [-0.25, -0.2) is 0 Å². The number of hydrogen-bond donors (Lipinski definition) is 1. The molecule has 0 atom stereocenters. The molecule has 4 rings (SSSR count). The number of benzene rings is 2. The van der Waals surface area contributed by atoms with Crippen molar-refractivity contribution in [2.24, 2.45) is 0 Å². The van der Waals surface area contributed by atoms with Crippen molar-refractivity contribution in [1.82, 2.24) is 9.80 Å². The lowest BCUT2D eigenvalue weighted by Gasteiger charge is -2.37. The number of carbonyl (C=O) groups excluding carboxylic acids is 1. The minimum atomic E-state index is 0.109. The average Bonchev–Trinajstić information content (AvgIpc) is 2.98. The molecule has 206 valence electrons. The summed E-state index contributed by atoms with van der Waals surface area (Å²) in [4.78, 5) is 20.0. The van der Waals surface area contributed by atoms with E-state index >= 15 is 0 Å². The molecule has 2 fully saturated rings. The maximum absolute atomic E-state index is 13.5. The maximum Gasteiger partial charge on any atom is 0.254 e. The SMILES string of the molecule is C=C/C=C(\C(=C)C#N)N1CCC(Nc2cc(C(=O)N3CCN(c4ccccc4)CC3)c(C)cc2C)CC1.CC. The van der Waals surface area contributed by atoms with Gasteiger partial charge in [-0.2, -0.15) is 5.26 Å². The molecule has 0 aromatic heterocycles. The number of piperazine rings is 1. The smallest absolute Gasteiger partial charge is 0.254 e. The molecule has 39 heavy (non-hydrogen) atoms. The van der Waals surface area contributed by atoms with Gasteiger partial charge in [0.15, 0.2) is 0 Å². The van der Waals surface area contributed by atoms with Crippen molar-refractivity contribution in [3.8, 4) is 6.07 Å². The van der Waals surface area contributed by atoms with Gasteiger partial charge in [0.25, 0.3) is 5.91 Å². The van der Waals surface area contributed by atoms with E-state index < -0.39 is 0 Å². The number of nitrogens with zero attached hydrogens (tertiary/aromatic N) is 4. The minimum Gasteiger partial charge on any atom is -0.382 e. The molecule has 0 spiro atoms. The number of para-hydroxylation sites is 1. The number of likely N-dealkylation sites (tertiary alicyclic amines) is 1. The third kappa shape index (κ3) is 7.32. The highest BCUT2D eigenvalue weighted by molar-refractivity contribution is 5.97. The lowest BCUT2D eigenvalue weighted by Crippen LogP contribution is -2.49. The van der Waals surface area contributed by atoms with E-state index in [9.17, 15) is 10.1 Å². The van der Waals surface area contributed by atoms with Crippen LogP contribution in [0.5, 0.6) is 0 Å². The lowest BCUT2D eigenvalue weighted by molar-refractivity contribution is 0.0746. The van der Waals surface area contributed by atoms with Crippen LogP contribution in [0.25, 0.3) is 0 Å². The number of rotatable bonds is 7. The van der Waals surface area contributed by atoms with Gasteiger partial charge in [-0.1, -0.05) is 57.3 Å².